The fourth-order valence-electron chi connectivity index (χ4n) is 1.82. The van der Waals surface area contributed by atoms with Gasteiger partial charge in [-0.1, -0.05) is 13.3 Å². The lowest BCUT2D eigenvalue weighted by Crippen LogP contribution is -2.15. The van der Waals surface area contributed by atoms with E-state index in [1.165, 1.54) is 17.8 Å². The summed E-state index contributed by atoms with van der Waals surface area (Å²) in [6.07, 6.45) is -1.87. The molecule has 0 aromatic carbocycles. The molecule has 1 heterocycles. The van der Waals surface area contributed by atoms with E-state index in [0.717, 1.165) is 31.9 Å². The highest BCUT2D eigenvalue weighted by Crippen LogP contribution is 2.33. The Labute approximate surface area is 126 Å². The second-order valence-electron chi connectivity index (χ2n) is 4.58. The van der Waals surface area contributed by atoms with Gasteiger partial charge in [0, 0.05) is 5.25 Å². The largest absolute Gasteiger partial charge is 0.433 e. The Hall–Kier alpha value is -1.26. The molecule has 1 atom stereocenters. The molecule has 0 saturated heterocycles. The quantitative estimate of drug-likeness (QED) is 0.776. The molecule has 1 rings (SSSR count). The molecule has 0 aliphatic carbocycles. The van der Waals surface area contributed by atoms with Crippen LogP contribution in [0.25, 0.3) is 0 Å². The zero-order chi connectivity index (χ0) is 15.9. The molecule has 0 radical (unpaired) electrons. The van der Waals surface area contributed by atoms with E-state index in [-0.39, 0.29) is 15.8 Å². The van der Waals surface area contributed by atoms with E-state index in [9.17, 15) is 13.2 Å². The average Bonchev–Trinajstić information content (AvgIpc) is 2.44. The Morgan fingerprint density at radius 1 is 1.38 bits per heavy atom. The van der Waals surface area contributed by atoms with Crippen molar-refractivity contribution >= 4 is 11.8 Å². The number of hydrogen-bond acceptors (Lipinski definition) is 4. The van der Waals surface area contributed by atoms with Gasteiger partial charge in [-0.2, -0.15) is 18.4 Å². The molecule has 7 heteroatoms. The van der Waals surface area contributed by atoms with E-state index in [4.69, 9.17) is 5.26 Å². The van der Waals surface area contributed by atoms with Crippen molar-refractivity contribution in [3.8, 4) is 6.07 Å². The van der Waals surface area contributed by atoms with Crippen LogP contribution >= 0.6 is 11.8 Å². The maximum Gasteiger partial charge on any atom is 0.433 e. The van der Waals surface area contributed by atoms with Crippen LogP contribution in [0.1, 0.15) is 37.4 Å². The average molecular weight is 317 g/mol. The lowest BCUT2D eigenvalue weighted by atomic mass is 10.2. The Kier molecular flexibility index (Phi) is 6.99. The van der Waals surface area contributed by atoms with E-state index < -0.39 is 11.9 Å². The smallest absolute Gasteiger partial charge is 0.320 e. The summed E-state index contributed by atoms with van der Waals surface area (Å²) in [5.41, 5.74) is -0.758. The molecule has 1 unspecified atom stereocenters. The number of hydrogen-bond donors (Lipinski definition) is 1. The minimum absolute atomic E-state index is 0.144. The number of nitrogens with zero attached hydrogens (tertiary/aromatic N) is 2. The Bertz CT molecular complexity index is 497. The molecule has 0 bridgehead atoms. The normalized spacial score (nSPS) is 13.0. The number of thioether (sulfide) groups is 1. The van der Waals surface area contributed by atoms with Gasteiger partial charge in [0.05, 0.1) is 5.56 Å². The molecule has 1 aromatic heterocycles. The summed E-state index contributed by atoms with van der Waals surface area (Å²) in [6.45, 7) is 2.80. The van der Waals surface area contributed by atoms with Gasteiger partial charge in [-0.25, -0.2) is 4.98 Å². The van der Waals surface area contributed by atoms with Crippen molar-refractivity contribution in [1.82, 2.24) is 10.3 Å². The van der Waals surface area contributed by atoms with Gasteiger partial charge >= 0.3 is 6.18 Å². The molecule has 3 nitrogen and oxygen atoms in total. The number of aromatic nitrogens is 1. The minimum Gasteiger partial charge on any atom is -0.320 e. The van der Waals surface area contributed by atoms with E-state index >= 15 is 0 Å². The number of alkyl halides is 3. The molecule has 1 aromatic rings. The van der Waals surface area contributed by atoms with Crippen molar-refractivity contribution in [2.75, 3.05) is 13.6 Å². The molecule has 0 fully saturated rings. The Balaban J connectivity index is 3.00. The van der Waals surface area contributed by atoms with Gasteiger partial charge in [0.25, 0.3) is 0 Å². The summed E-state index contributed by atoms with van der Waals surface area (Å²) in [4.78, 5) is 3.64. The van der Waals surface area contributed by atoms with Gasteiger partial charge in [0.1, 0.15) is 16.8 Å². The Morgan fingerprint density at radius 2 is 2.10 bits per heavy atom. The topological polar surface area (TPSA) is 48.7 Å². The summed E-state index contributed by atoms with van der Waals surface area (Å²) >= 11 is 1.26. The lowest BCUT2D eigenvalue weighted by Gasteiger charge is -2.16. The van der Waals surface area contributed by atoms with Gasteiger partial charge < -0.3 is 5.32 Å². The van der Waals surface area contributed by atoms with Crippen molar-refractivity contribution in [1.29, 1.82) is 5.26 Å². The Morgan fingerprint density at radius 3 is 2.62 bits per heavy atom. The highest BCUT2D eigenvalue weighted by Gasteiger charge is 2.33. The monoisotopic (exact) mass is 317 g/mol. The van der Waals surface area contributed by atoms with E-state index in [1.807, 2.05) is 20.0 Å². The van der Waals surface area contributed by atoms with E-state index in [0.29, 0.717) is 0 Å². The van der Waals surface area contributed by atoms with E-state index in [2.05, 4.69) is 10.3 Å². The van der Waals surface area contributed by atoms with Crippen LogP contribution in [0.5, 0.6) is 0 Å². The van der Waals surface area contributed by atoms with Crippen LogP contribution in [0.2, 0.25) is 0 Å². The first kappa shape index (κ1) is 17.8. The highest BCUT2D eigenvalue weighted by molar-refractivity contribution is 7.99. The maximum absolute atomic E-state index is 12.7. The van der Waals surface area contributed by atoms with Crippen molar-refractivity contribution in [2.45, 2.75) is 42.6 Å². The van der Waals surface area contributed by atoms with E-state index in [1.54, 1.807) is 0 Å². The third kappa shape index (κ3) is 5.56. The third-order valence-electron chi connectivity index (χ3n) is 2.88. The number of rotatable bonds is 7. The molecule has 21 heavy (non-hydrogen) atoms. The zero-order valence-electron chi connectivity index (χ0n) is 12.0. The fraction of sp³-hybridized carbons (Fsp3) is 0.571. The first-order valence-corrected chi connectivity index (χ1v) is 7.60. The summed E-state index contributed by atoms with van der Waals surface area (Å²) in [5.74, 6) is 0. The molecule has 0 amide bonds. The number of halogens is 3. The molecule has 0 spiro atoms. The van der Waals surface area contributed by atoms with Crippen molar-refractivity contribution in [2.24, 2.45) is 0 Å². The third-order valence-corrected chi connectivity index (χ3v) is 4.22. The zero-order valence-corrected chi connectivity index (χ0v) is 12.8. The molecular formula is C14H18F3N3S. The summed E-state index contributed by atoms with van der Waals surface area (Å²) < 4.78 is 38.2. The SMILES string of the molecule is CCCC(CCNC)Sc1nc(C(F)(F)F)ccc1C#N. The fourth-order valence-corrected chi connectivity index (χ4v) is 3.12. The highest BCUT2D eigenvalue weighted by atomic mass is 32.2. The number of nitrogens with one attached hydrogen (secondary N) is 1. The van der Waals surface area contributed by atoms with Crippen LogP contribution in [-0.4, -0.2) is 23.8 Å². The predicted molar refractivity (Wildman–Crippen MR) is 77.1 cm³/mol. The lowest BCUT2D eigenvalue weighted by molar-refractivity contribution is -0.141. The first-order valence-electron chi connectivity index (χ1n) is 6.72. The van der Waals surface area contributed by atoms with Gasteiger partial charge in [0.2, 0.25) is 0 Å². The number of pyridine rings is 1. The van der Waals surface area contributed by atoms with Crippen molar-refractivity contribution in [3.05, 3.63) is 23.4 Å². The van der Waals surface area contributed by atoms with Gasteiger partial charge in [-0.05, 0) is 38.6 Å². The summed E-state index contributed by atoms with van der Waals surface area (Å²) in [6, 6.07) is 3.96. The molecule has 116 valence electrons. The second kappa shape index (κ2) is 8.25. The standard InChI is InChI=1S/C14H18F3N3S/c1-3-4-11(7-8-19-2)21-13-10(9-18)5-6-12(20-13)14(15,16)17/h5-6,11,19H,3-4,7-8H2,1-2H3. The number of nitriles is 1. The van der Waals surface area contributed by atoms with Gasteiger partial charge in [0.15, 0.2) is 0 Å². The predicted octanol–water partition coefficient (Wildman–Crippen LogP) is 3.84. The van der Waals surface area contributed by atoms with Crippen LogP contribution < -0.4 is 5.32 Å². The molecule has 1 N–H and O–H groups in total. The van der Waals surface area contributed by atoms with Gasteiger partial charge in [-0.3, -0.25) is 0 Å². The molecule has 0 saturated carbocycles. The van der Waals surface area contributed by atoms with Crippen LogP contribution in [0.15, 0.2) is 17.2 Å². The van der Waals surface area contributed by atoms with Crippen LogP contribution in [-0.2, 0) is 6.18 Å². The molecule has 0 aliphatic heterocycles. The van der Waals surface area contributed by atoms with Crippen LogP contribution in [0.4, 0.5) is 13.2 Å². The van der Waals surface area contributed by atoms with Crippen molar-refractivity contribution < 1.29 is 13.2 Å². The van der Waals surface area contributed by atoms with Crippen LogP contribution in [0, 0.1) is 11.3 Å². The molecular weight excluding hydrogens is 299 g/mol. The first-order chi connectivity index (χ1) is 9.92. The maximum atomic E-state index is 12.7. The molecule has 0 aliphatic rings. The van der Waals surface area contributed by atoms with Crippen molar-refractivity contribution in [3.63, 3.8) is 0 Å². The second-order valence-corrected chi connectivity index (χ2v) is 5.87. The summed E-state index contributed by atoms with van der Waals surface area (Å²) in [5, 5.41) is 12.4. The van der Waals surface area contributed by atoms with Gasteiger partial charge in [-0.15, -0.1) is 11.8 Å². The minimum atomic E-state index is -4.49. The van der Waals surface area contributed by atoms with Crippen LogP contribution in [0.3, 0.4) is 0 Å². The summed E-state index contributed by atoms with van der Waals surface area (Å²) in [7, 11) is 1.83.